The third-order valence-corrected chi connectivity index (χ3v) is 4.02. The molecule has 1 rings (SSSR count). The van der Waals surface area contributed by atoms with Crippen LogP contribution in [0.5, 0.6) is 0 Å². The normalized spacial score (nSPS) is 36.3. The Morgan fingerprint density at radius 3 is 2.67 bits per heavy atom. The molecule has 88 valence electrons. The molecule has 2 N–H and O–H groups in total. The van der Waals surface area contributed by atoms with Crippen LogP contribution in [0.4, 0.5) is 0 Å². The Kier molecular flexibility index (Phi) is 4.14. The first-order valence-electron chi connectivity index (χ1n) is 5.81. The summed E-state index contributed by atoms with van der Waals surface area (Å²) in [4.78, 5) is 11.4. The minimum absolute atomic E-state index is 0.0231. The van der Waals surface area contributed by atoms with Crippen molar-refractivity contribution in [2.24, 2.45) is 23.0 Å². The molecule has 0 heterocycles. The highest BCUT2D eigenvalue weighted by Crippen LogP contribution is 2.45. The SMILES string of the molecule is COC(=O)CC1(CN)CC(C)CCC1C. The molecule has 1 aliphatic carbocycles. The Balaban J connectivity index is 2.75. The lowest BCUT2D eigenvalue weighted by molar-refractivity contribution is -0.145. The molecule has 1 aliphatic rings. The van der Waals surface area contributed by atoms with E-state index in [1.807, 2.05) is 0 Å². The molecule has 0 aromatic rings. The number of nitrogens with two attached hydrogens (primary N) is 1. The largest absolute Gasteiger partial charge is 0.469 e. The number of carbonyl (C=O) groups is 1. The molecule has 1 saturated carbocycles. The maximum absolute atomic E-state index is 11.4. The summed E-state index contributed by atoms with van der Waals surface area (Å²) in [6.07, 6.45) is 3.96. The van der Waals surface area contributed by atoms with Gasteiger partial charge >= 0.3 is 5.97 Å². The molecule has 0 aromatic carbocycles. The number of methoxy groups -OCH3 is 1. The highest BCUT2D eigenvalue weighted by Gasteiger charge is 2.41. The van der Waals surface area contributed by atoms with Gasteiger partial charge < -0.3 is 10.5 Å². The van der Waals surface area contributed by atoms with Crippen LogP contribution in [-0.2, 0) is 9.53 Å². The zero-order chi connectivity index (χ0) is 11.5. The summed E-state index contributed by atoms with van der Waals surface area (Å²) in [5.74, 6) is 1.08. The Morgan fingerprint density at radius 2 is 2.13 bits per heavy atom. The maximum Gasteiger partial charge on any atom is 0.306 e. The molecule has 0 saturated heterocycles. The van der Waals surface area contributed by atoms with Crippen molar-refractivity contribution < 1.29 is 9.53 Å². The maximum atomic E-state index is 11.4. The van der Waals surface area contributed by atoms with Gasteiger partial charge in [0.2, 0.25) is 0 Å². The second-order valence-electron chi connectivity index (χ2n) is 5.11. The topological polar surface area (TPSA) is 52.3 Å². The van der Waals surface area contributed by atoms with E-state index in [0.29, 0.717) is 24.8 Å². The third-order valence-electron chi connectivity index (χ3n) is 4.02. The van der Waals surface area contributed by atoms with Gasteiger partial charge in [0, 0.05) is 0 Å². The average molecular weight is 213 g/mol. The van der Waals surface area contributed by atoms with Crippen molar-refractivity contribution in [2.75, 3.05) is 13.7 Å². The summed E-state index contributed by atoms with van der Waals surface area (Å²) < 4.78 is 4.77. The molecular formula is C12H23NO2. The van der Waals surface area contributed by atoms with Gasteiger partial charge in [0.1, 0.15) is 0 Å². The molecular weight excluding hydrogens is 190 g/mol. The Morgan fingerprint density at radius 1 is 1.47 bits per heavy atom. The number of hydrogen-bond acceptors (Lipinski definition) is 3. The van der Waals surface area contributed by atoms with Crippen LogP contribution >= 0.6 is 0 Å². The van der Waals surface area contributed by atoms with Crippen LogP contribution in [0.15, 0.2) is 0 Å². The van der Waals surface area contributed by atoms with E-state index in [1.165, 1.54) is 20.0 Å². The van der Waals surface area contributed by atoms with Crippen molar-refractivity contribution in [3.63, 3.8) is 0 Å². The third kappa shape index (κ3) is 2.71. The van der Waals surface area contributed by atoms with Crippen molar-refractivity contribution >= 4 is 5.97 Å². The van der Waals surface area contributed by atoms with Gasteiger partial charge in [0.05, 0.1) is 13.5 Å². The molecule has 0 aliphatic heterocycles. The van der Waals surface area contributed by atoms with E-state index in [-0.39, 0.29) is 11.4 Å². The van der Waals surface area contributed by atoms with E-state index >= 15 is 0 Å². The first-order valence-corrected chi connectivity index (χ1v) is 5.81. The fourth-order valence-corrected chi connectivity index (χ4v) is 2.80. The molecule has 1 fully saturated rings. The van der Waals surface area contributed by atoms with Crippen LogP contribution in [-0.4, -0.2) is 19.6 Å². The van der Waals surface area contributed by atoms with Crippen molar-refractivity contribution in [3.8, 4) is 0 Å². The molecule has 0 spiro atoms. The van der Waals surface area contributed by atoms with Gasteiger partial charge in [0.25, 0.3) is 0 Å². The molecule has 3 heteroatoms. The number of esters is 1. The van der Waals surface area contributed by atoms with Crippen molar-refractivity contribution in [1.29, 1.82) is 0 Å². The van der Waals surface area contributed by atoms with Crippen LogP contribution in [0.2, 0.25) is 0 Å². The van der Waals surface area contributed by atoms with Gasteiger partial charge in [-0.15, -0.1) is 0 Å². The summed E-state index contributed by atoms with van der Waals surface area (Å²) in [5.41, 5.74) is 5.86. The number of hydrogen-bond donors (Lipinski definition) is 1. The van der Waals surface area contributed by atoms with Crippen LogP contribution in [0.25, 0.3) is 0 Å². The van der Waals surface area contributed by atoms with Gasteiger partial charge in [-0.25, -0.2) is 0 Å². The fourth-order valence-electron chi connectivity index (χ4n) is 2.80. The number of carbonyl (C=O) groups excluding carboxylic acids is 1. The molecule has 0 bridgehead atoms. The monoisotopic (exact) mass is 213 g/mol. The lowest BCUT2D eigenvalue weighted by Gasteiger charge is -2.43. The van der Waals surface area contributed by atoms with Crippen LogP contribution in [0.3, 0.4) is 0 Å². The summed E-state index contributed by atoms with van der Waals surface area (Å²) in [7, 11) is 1.45. The van der Waals surface area contributed by atoms with Gasteiger partial charge in [-0.05, 0) is 36.6 Å². The van der Waals surface area contributed by atoms with Gasteiger partial charge in [0.15, 0.2) is 0 Å². The van der Waals surface area contributed by atoms with Gasteiger partial charge in [-0.3, -0.25) is 4.79 Å². The summed E-state index contributed by atoms with van der Waals surface area (Å²) in [6, 6.07) is 0. The van der Waals surface area contributed by atoms with E-state index in [9.17, 15) is 4.79 Å². The molecule has 0 radical (unpaired) electrons. The zero-order valence-corrected chi connectivity index (χ0v) is 10.1. The van der Waals surface area contributed by atoms with Crippen LogP contribution in [0.1, 0.15) is 39.5 Å². The smallest absolute Gasteiger partial charge is 0.306 e. The van der Waals surface area contributed by atoms with Gasteiger partial charge in [-0.2, -0.15) is 0 Å². The van der Waals surface area contributed by atoms with E-state index in [4.69, 9.17) is 10.5 Å². The summed E-state index contributed by atoms with van der Waals surface area (Å²) in [5, 5.41) is 0. The number of rotatable bonds is 3. The van der Waals surface area contributed by atoms with Crippen molar-refractivity contribution in [2.45, 2.75) is 39.5 Å². The van der Waals surface area contributed by atoms with Crippen molar-refractivity contribution in [1.82, 2.24) is 0 Å². The average Bonchev–Trinajstić information content (AvgIpc) is 2.23. The van der Waals surface area contributed by atoms with E-state index in [2.05, 4.69) is 13.8 Å². The molecule has 3 nitrogen and oxygen atoms in total. The predicted molar refractivity (Wildman–Crippen MR) is 60.3 cm³/mol. The first kappa shape index (κ1) is 12.5. The molecule has 3 atom stereocenters. The van der Waals surface area contributed by atoms with Gasteiger partial charge in [-0.1, -0.05) is 20.3 Å². The van der Waals surface area contributed by atoms with E-state index in [0.717, 1.165) is 6.42 Å². The van der Waals surface area contributed by atoms with Crippen LogP contribution in [0, 0.1) is 17.3 Å². The fraction of sp³-hybridized carbons (Fsp3) is 0.917. The molecule has 15 heavy (non-hydrogen) atoms. The second-order valence-corrected chi connectivity index (χ2v) is 5.11. The van der Waals surface area contributed by atoms with E-state index < -0.39 is 0 Å². The zero-order valence-electron chi connectivity index (χ0n) is 10.1. The predicted octanol–water partition coefficient (Wildman–Crippen LogP) is 1.95. The molecule has 3 unspecified atom stereocenters. The first-order chi connectivity index (χ1) is 7.04. The highest BCUT2D eigenvalue weighted by molar-refractivity contribution is 5.70. The quantitative estimate of drug-likeness (QED) is 0.729. The van der Waals surface area contributed by atoms with E-state index in [1.54, 1.807) is 0 Å². The van der Waals surface area contributed by atoms with Crippen molar-refractivity contribution in [3.05, 3.63) is 0 Å². The lowest BCUT2D eigenvalue weighted by Crippen LogP contribution is -2.43. The molecule has 0 amide bonds. The minimum Gasteiger partial charge on any atom is -0.469 e. The summed E-state index contributed by atoms with van der Waals surface area (Å²) >= 11 is 0. The standard InChI is InChI=1S/C12H23NO2/c1-9-4-5-10(2)12(6-9,8-13)7-11(14)15-3/h9-10H,4-8,13H2,1-3H3. The second kappa shape index (κ2) is 4.97. The molecule has 0 aromatic heterocycles. The Hall–Kier alpha value is -0.570. The Labute approximate surface area is 92.4 Å². The number of ether oxygens (including phenoxy) is 1. The minimum atomic E-state index is -0.124. The lowest BCUT2D eigenvalue weighted by atomic mass is 9.62. The highest BCUT2D eigenvalue weighted by atomic mass is 16.5. The van der Waals surface area contributed by atoms with Crippen LogP contribution < -0.4 is 5.73 Å². The summed E-state index contributed by atoms with van der Waals surface area (Å²) in [6.45, 7) is 5.04. The Bertz CT molecular complexity index is 230.